The number of likely N-dealkylation sites (N-methyl/N-ethyl adjacent to an activating group) is 1. The van der Waals surface area contributed by atoms with Gasteiger partial charge in [0.25, 0.3) is 0 Å². The number of aliphatic hydroxyl groups excluding tert-OH is 1. The number of aliphatic hydroxyl groups is 1. The van der Waals surface area contributed by atoms with Gasteiger partial charge in [-0.1, -0.05) is 32.3 Å². The topological polar surface area (TPSA) is 101 Å². The van der Waals surface area contributed by atoms with Crippen LogP contribution in [0.3, 0.4) is 0 Å². The summed E-state index contributed by atoms with van der Waals surface area (Å²) in [6, 6.07) is 11.3. The predicted molar refractivity (Wildman–Crippen MR) is 156 cm³/mol. The molecule has 1 fully saturated rings. The van der Waals surface area contributed by atoms with Crippen molar-refractivity contribution in [3.8, 4) is 17.2 Å². The van der Waals surface area contributed by atoms with Gasteiger partial charge in [-0.25, -0.2) is 0 Å². The Morgan fingerprint density at radius 3 is 2.63 bits per heavy atom. The molecule has 9 nitrogen and oxygen atoms in total. The van der Waals surface area contributed by atoms with E-state index in [1.807, 2.05) is 43.3 Å². The first kappa shape index (κ1) is 29.2. The van der Waals surface area contributed by atoms with Gasteiger partial charge >= 0.3 is 0 Å². The Bertz CT molecular complexity index is 1230. The Morgan fingerprint density at radius 1 is 1.10 bits per heavy atom. The van der Waals surface area contributed by atoms with E-state index in [9.17, 15) is 14.7 Å². The monoisotopic (exact) mass is 565 g/mol. The zero-order valence-electron chi connectivity index (χ0n) is 24.4. The highest BCUT2D eigenvalue weighted by molar-refractivity contribution is 5.93. The number of benzene rings is 2. The molecule has 2 heterocycles. The van der Waals surface area contributed by atoms with Crippen LogP contribution in [0.25, 0.3) is 0 Å². The van der Waals surface area contributed by atoms with Crippen molar-refractivity contribution in [2.45, 2.75) is 71.1 Å². The third-order valence-corrected chi connectivity index (χ3v) is 8.54. The molecule has 2 N–H and O–H groups in total. The highest BCUT2D eigenvalue weighted by Gasteiger charge is 2.31. The summed E-state index contributed by atoms with van der Waals surface area (Å²) in [4.78, 5) is 30.4. The molecule has 1 saturated carbocycles. The fraction of sp³-hybridized carbons (Fsp3) is 0.562. The zero-order chi connectivity index (χ0) is 28.9. The number of carbonyl (C=O) groups excluding carboxylic acids is 2. The minimum atomic E-state index is -0.312. The molecule has 2 amide bonds. The fourth-order valence-electron chi connectivity index (χ4n) is 6.06. The predicted octanol–water partition coefficient (Wildman–Crippen LogP) is 4.22. The summed E-state index contributed by atoms with van der Waals surface area (Å²) in [5.74, 6) is 2.21. The molecule has 3 atom stereocenters. The third kappa shape index (κ3) is 7.13. The van der Waals surface area contributed by atoms with Crippen LogP contribution in [0.15, 0.2) is 36.4 Å². The van der Waals surface area contributed by atoms with E-state index < -0.39 is 0 Å². The van der Waals surface area contributed by atoms with Gasteiger partial charge in [0.15, 0.2) is 11.5 Å². The van der Waals surface area contributed by atoms with Gasteiger partial charge < -0.3 is 29.5 Å². The van der Waals surface area contributed by atoms with Crippen molar-refractivity contribution < 1.29 is 28.9 Å². The molecule has 0 saturated heterocycles. The molecule has 3 aliphatic rings. The van der Waals surface area contributed by atoms with Crippen LogP contribution < -0.4 is 19.5 Å². The molecule has 9 heteroatoms. The van der Waals surface area contributed by atoms with E-state index >= 15 is 0 Å². The molecule has 41 heavy (non-hydrogen) atoms. The maximum atomic E-state index is 13.5. The minimum absolute atomic E-state index is 0.00350. The van der Waals surface area contributed by atoms with Gasteiger partial charge in [-0.2, -0.15) is 0 Å². The molecular formula is C32H43N3O6. The second kappa shape index (κ2) is 13.1. The van der Waals surface area contributed by atoms with Crippen LogP contribution in [-0.2, 0) is 22.6 Å². The summed E-state index contributed by atoms with van der Waals surface area (Å²) in [5.41, 5.74) is 2.53. The Labute approximate surface area is 242 Å². The Balaban J connectivity index is 1.35. The number of hydrogen-bond donors (Lipinski definition) is 2. The maximum absolute atomic E-state index is 13.5. The van der Waals surface area contributed by atoms with Crippen molar-refractivity contribution in [1.82, 2.24) is 9.80 Å². The van der Waals surface area contributed by atoms with Crippen LogP contribution in [0, 0.1) is 11.8 Å². The quantitative estimate of drug-likeness (QED) is 0.495. The van der Waals surface area contributed by atoms with Gasteiger partial charge in [-0.05, 0) is 62.7 Å². The summed E-state index contributed by atoms with van der Waals surface area (Å²) in [7, 11) is 2.05. The molecule has 2 aliphatic heterocycles. The van der Waals surface area contributed by atoms with E-state index in [2.05, 4.69) is 24.2 Å². The average molecular weight is 566 g/mol. The van der Waals surface area contributed by atoms with Gasteiger partial charge in [0.2, 0.25) is 18.6 Å². The molecule has 1 aliphatic carbocycles. The fourth-order valence-corrected chi connectivity index (χ4v) is 6.06. The summed E-state index contributed by atoms with van der Waals surface area (Å²) in [6.07, 6.45) is 5.14. The van der Waals surface area contributed by atoms with Crippen LogP contribution in [0.4, 0.5) is 5.69 Å². The van der Waals surface area contributed by atoms with Crippen molar-refractivity contribution >= 4 is 17.5 Å². The first-order valence-corrected chi connectivity index (χ1v) is 14.9. The van der Waals surface area contributed by atoms with E-state index in [4.69, 9.17) is 14.2 Å². The lowest BCUT2D eigenvalue weighted by Gasteiger charge is -2.34. The SMILES string of the molecule is C[C@@H]1CN([C@@H](C)CO)C(=O)Cc2cc(NC(=O)C3CCCCC3)ccc2O[C@H]1CN(C)Cc1ccc2c(c1)OCO2. The Hall–Kier alpha value is -3.30. The smallest absolute Gasteiger partial charge is 0.231 e. The summed E-state index contributed by atoms with van der Waals surface area (Å²) >= 11 is 0. The minimum Gasteiger partial charge on any atom is -0.488 e. The number of hydrogen-bond acceptors (Lipinski definition) is 7. The van der Waals surface area contributed by atoms with Crippen LogP contribution in [0.5, 0.6) is 17.2 Å². The van der Waals surface area contributed by atoms with E-state index in [-0.39, 0.29) is 55.6 Å². The van der Waals surface area contributed by atoms with Crippen molar-refractivity contribution in [1.29, 1.82) is 0 Å². The van der Waals surface area contributed by atoms with Crippen molar-refractivity contribution in [2.75, 3.05) is 38.9 Å². The number of rotatable bonds is 8. The largest absolute Gasteiger partial charge is 0.488 e. The van der Waals surface area contributed by atoms with Gasteiger partial charge in [0, 0.05) is 42.7 Å². The van der Waals surface area contributed by atoms with Crippen LogP contribution in [0.2, 0.25) is 0 Å². The van der Waals surface area contributed by atoms with Gasteiger partial charge in [-0.15, -0.1) is 0 Å². The summed E-state index contributed by atoms with van der Waals surface area (Å²) in [6.45, 7) is 5.89. The standard InChI is InChI=1S/C32H43N3O6/c1-21-16-35(22(2)19-36)31(37)15-25-14-26(33-32(38)24-7-5-4-6-8-24)10-12-27(25)41-30(21)18-34(3)17-23-9-11-28-29(13-23)40-20-39-28/h9-14,21-22,24,30,36H,4-8,15-20H2,1-3H3,(H,33,38)/t21-,22+,30+/m1/s1. The second-order valence-corrected chi connectivity index (χ2v) is 11.9. The number of ether oxygens (including phenoxy) is 3. The third-order valence-electron chi connectivity index (χ3n) is 8.54. The first-order valence-electron chi connectivity index (χ1n) is 14.9. The van der Waals surface area contributed by atoms with Crippen LogP contribution >= 0.6 is 0 Å². The highest BCUT2D eigenvalue weighted by Crippen LogP contribution is 2.33. The molecule has 2 aromatic carbocycles. The van der Waals surface area contributed by atoms with Gasteiger partial charge in [0.1, 0.15) is 11.9 Å². The van der Waals surface area contributed by atoms with Crippen LogP contribution in [-0.4, -0.2) is 72.4 Å². The molecule has 0 bridgehead atoms. The van der Waals surface area contributed by atoms with E-state index in [1.54, 1.807) is 4.90 Å². The molecule has 0 aromatic heterocycles. The second-order valence-electron chi connectivity index (χ2n) is 11.9. The number of anilines is 1. The summed E-state index contributed by atoms with van der Waals surface area (Å²) < 4.78 is 17.6. The van der Waals surface area contributed by atoms with Crippen molar-refractivity contribution in [2.24, 2.45) is 11.8 Å². The zero-order valence-corrected chi connectivity index (χ0v) is 24.4. The molecule has 0 radical (unpaired) electrons. The summed E-state index contributed by atoms with van der Waals surface area (Å²) in [5, 5.41) is 13.0. The lowest BCUT2D eigenvalue weighted by molar-refractivity contribution is -0.134. The Kier molecular flexibility index (Phi) is 9.35. The Morgan fingerprint density at radius 2 is 1.85 bits per heavy atom. The normalized spacial score (nSPS) is 21.9. The number of fused-ring (bicyclic) bond motifs is 2. The average Bonchev–Trinajstić information content (AvgIpc) is 3.45. The van der Waals surface area contributed by atoms with Crippen molar-refractivity contribution in [3.05, 3.63) is 47.5 Å². The van der Waals surface area contributed by atoms with E-state index in [1.165, 1.54) is 6.42 Å². The molecule has 2 aromatic rings. The van der Waals surface area contributed by atoms with Gasteiger partial charge in [0.05, 0.1) is 19.1 Å². The molecule has 5 rings (SSSR count). The molecule has 222 valence electrons. The first-order chi connectivity index (χ1) is 19.8. The highest BCUT2D eigenvalue weighted by atomic mass is 16.7. The van der Waals surface area contributed by atoms with Gasteiger partial charge in [-0.3, -0.25) is 14.5 Å². The number of nitrogens with zero attached hydrogens (tertiary/aromatic N) is 2. The van der Waals surface area contributed by atoms with Crippen LogP contribution in [0.1, 0.15) is 57.1 Å². The number of amides is 2. The molecule has 0 spiro atoms. The molecule has 0 unspecified atom stereocenters. The van der Waals surface area contributed by atoms with E-state index in [0.717, 1.165) is 48.3 Å². The number of nitrogens with one attached hydrogen (secondary N) is 1. The maximum Gasteiger partial charge on any atom is 0.231 e. The molecular weight excluding hydrogens is 522 g/mol. The van der Waals surface area contributed by atoms with E-state index in [0.29, 0.717) is 31.1 Å². The van der Waals surface area contributed by atoms with Crippen molar-refractivity contribution in [3.63, 3.8) is 0 Å². The lowest BCUT2D eigenvalue weighted by Crippen LogP contribution is -2.47. The number of carbonyl (C=O) groups is 2. The lowest BCUT2D eigenvalue weighted by atomic mass is 9.88.